The van der Waals surface area contributed by atoms with Crippen LogP contribution in [0, 0.1) is 0 Å². The number of benzene rings is 1. The lowest BCUT2D eigenvalue weighted by molar-refractivity contribution is -0.0373. The van der Waals surface area contributed by atoms with Crippen LogP contribution in [0.4, 0.5) is 0 Å². The van der Waals surface area contributed by atoms with E-state index in [1.165, 1.54) is 0 Å². The van der Waals surface area contributed by atoms with E-state index in [-0.39, 0.29) is 5.60 Å². The maximum absolute atomic E-state index is 5.66. The van der Waals surface area contributed by atoms with Crippen LogP contribution in [0.25, 0.3) is 5.70 Å². The molecule has 0 bridgehead atoms. The molecule has 0 aromatic heterocycles. The number of nitrogens with one attached hydrogen (secondary N) is 1. The van der Waals surface area contributed by atoms with E-state index >= 15 is 0 Å². The van der Waals surface area contributed by atoms with Gasteiger partial charge < -0.3 is 14.2 Å². The molecule has 1 N–H and O–H groups in total. The van der Waals surface area contributed by atoms with Gasteiger partial charge >= 0.3 is 0 Å². The molecule has 2 aliphatic rings. The first-order chi connectivity index (χ1) is 9.26. The van der Waals surface area contributed by atoms with Gasteiger partial charge in [-0.15, -0.1) is 0 Å². The van der Waals surface area contributed by atoms with Gasteiger partial charge in [0.2, 0.25) is 0 Å². The monoisotopic (exact) mass is 263 g/mol. The SMILES string of the molecule is COc1ccc(C2=CC3(CCOC3)ON2)cc1OC. The fourth-order valence-corrected chi connectivity index (χ4v) is 2.38. The first-order valence-corrected chi connectivity index (χ1v) is 6.23. The van der Waals surface area contributed by atoms with Crippen molar-refractivity contribution in [2.45, 2.75) is 12.0 Å². The van der Waals surface area contributed by atoms with Gasteiger partial charge in [-0.2, -0.15) is 0 Å². The number of hydrogen-bond acceptors (Lipinski definition) is 5. The maximum Gasteiger partial charge on any atom is 0.161 e. The predicted octanol–water partition coefficient (Wildman–Crippen LogP) is 1.74. The van der Waals surface area contributed by atoms with Crippen molar-refractivity contribution < 1.29 is 19.0 Å². The zero-order valence-corrected chi connectivity index (χ0v) is 11.1. The molecule has 0 amide bonds. The number of rotatable bonds is 3. The zero-order chi connectivity index (χ0) is 13.3. The summed E-state index contributed by atoms with van der Waals surface area (Å²) in [4.78, 5) is 5.66. The third-order valence-electron chi connectivity index (χ3n) is 3.48. The largest absolute Gasteiger partial charge is 0.493 e. The molecule has 5 heteroatoms. The number of methoxy groups -OCH3 is 2. The van der Waals surface area contributed by atoms with Crippen LogP contribution in [0.15, 0.2) is 24.3 Å². The van der Waals surface area contributed by atoms with E-state index in [0.717, 1.165) is 24.3 Å². The fraction of sp³-hybridized carbons (Fsp3) is 0.429. The summed E-state index contributed by atoms with van der Waals surface area (Å²) in [5.74, 6) is 1.41. The molecular formula is C14H17NO4. The molecule has 5 nitrogen and oxygen atoms in total. The summed E-state index contributed by atoms with van der Waals surface area (Å²) in [6.45, 7) is 1.33. The van der Waals surface area contributed by atoms with Crippen molar-refractivity contribution in [2.24, 2.45) is 0 Å². The smallest absolute Gasteiger partial charge is 0.161 e. The van der Waals surface area contributed by atoms with Crippen molar-refractivity contribution in [2.75, 3.05) is 27.4 Å². The molecule has 102 valence electrons. The van der Waals surface area contributed by atoms with Gasteiger partial charge in [-0.05, 0) is 24.3 Å². The van der Waals surface area contributed by atoms with Gasteiger partial charge in [-0.1, -0.05) is 0 Å². The van der Waals surface area contributed by atoms with E-state index < -0.39 is 0 Å². The van der Waals surface area contributed by atoms with E-state index in [1.807, 2.05) is 18.2 Å². The highest BCUT2D eigenvalue weighted by Gasteiger charge is 2.39. The number of hydrogen-bond donors (Lipinski definition) is 1. The standard InChI is InChI=1S/C14H17NO4/c1-16-12-4-3-10(7-13(12)17-2)11-8-14(19-15-11)5-6-18-9-14/h3-4,7-8,15H,5-6,9H2,1-2H3. The number of hydroxylamine groups is 1. The predicted molar refractivity (Wildman–Crippen MR) is 69.9 cm³/mol. The van der Waals surface area contributed by atoms with Gasteiger partial charge in [-0.25, -0.2) is 0 Å². The van der Waals surface area contributed by atoms with E-state index in [9.17, 15) is 0 Å². The highest BCUT2D eigenvalue weighted by atomic mass is 16.7. The van der Waals surface area contributed by atoms with Crippen LogP contribution in [0.2, 0.25) is 0 Å². The summed E-state index contributed by atoms with van der Waals surface area (Å²) in [7, 11) is 3.25. The Bertz CT molecular complexity index is 506. The van der Waals surface area contributed by atoms with Gasteiger partial charge in [-0.3, -0.25) is 10.3 Å². The zero-order valence-electron chi connectivity index (χ0n) is 11.1. The van der Waals surface area contributed by atoms with Crippen molar-refractivity contribution >= 4 is 5.70 Å². The van der Waals surface area contributed by atoms with Crippen LogP contribution >= 0.6 is 0 Å². The molecule has 1 aromatic rings. The molecular weight excluding hydrogens is 246 g/mol. The molecule has 1 saturated heterocycles. The van der Waals surface area contributed by atoms with Gasteiger partial charge in [0.25, 0.3) is 0 Å². The first-order valence-electron chi connectivity index (χ1n) is 6.23. The second-order valence-electron chi connectivity index (χ2n) is 4.70. The van der Waals surface area contributed by atoms with Crippen molar-refractivity contribution in [1.29, 1.82) is 0 Å². The van der Waals surface area contributed by atoms with Crippen LogP contribution in [-0.2, 0) is 9.57 Å². The fourth-order valence-electron chi connectivity index (χ4n) is 2.38. The quantitative estimate of drug-likeness (QED) is 0.900. The van der Waals surface area contributed by atoms with Crippen LogP contribution in [0.3, 0.4) is 0 Å². The normalized spacial score (nSPS) is 25.3. The lowest BCUT2D eigenvalue weighted by Gasteiger charge is -2.15. The maximum atomic E-state index is 5.66. The van der Waals surface area contributed by atoms with Crippen molar-refractivity contribution in [1.82, 2.24) is 5.48 Å². The summed E-state index contributed by atoms with van der Waals surface area (Å²) in [5.41, 5.74) is 4.60. The van der Waals surface area contributed by atoms with Gasteiger partial charge in [0.15, 0.2) is 11.5 Å². The van der Waals surface area contributed by atoms with Gasteiger partial charge in [0.1, 0.15) is 5.60 Å². The minimum Gasteiger partial charge on any atom is -0.493 e. The van der Waals surface area contributed by atoms with Crippen LogP contribution in [0.1, 0.15) is 12.0 Å². The molecule has 2 aliphatic heterocycles. The molecule has 0 radical (unpaired) electrons. The minimum absolute atomic E-state index is 0.317. The Morgan fingerprint density at radius 3 is 2.74 bits per heavy atom. The molecule has 1 atom stereocenters. The Morgan fingerprint density at radius 1 is 1.21 bits per heavy atom. The topological polar surface area (TPSA) is 49.0 Å². The molecule has 0 aliphatic carbocycles. The highest BCUT2D eigenvalue weighted by molar-refractivity contribution is 5.68. The number of ether oxygens (including phenoxy) is 3. The molecule has 1 unspecified atom stereocenters. The van der Waals surface area contributed by atoms with Crippen LogP contribution < -0.4 is 15.0 Å². The highest BCUT2D eigenvalue weighted by Crippen LogP contribution is 2.35. The van der Waals surface area contributed by atoms with E-state index in [0.29, 0.717) is 18.1 Å². The molecule has 1 aromatic carbocycles. The van der Waals surface area contributed by atoms with Gasteiger partial charge in [0.05, 0.1) is 26.5 Å². The van der Waals surface area contributed by atoms with Crippen LogP contribution in [0.5, 0.6) is 11.5 Å². The summed E-state index contributed by atoms with van der Waals surface area (Å²) in [5, 5.41) is 0. The van der Waals surface area contributed by atoms with E-state index in [2.05, 4.69) is 11.6 Å². The summed E-state index contributed by atoms with van der Waals surface area (Å²) < 4.78 is 15.9. The summed E-state index contributed by atoms with van der Waals surface area (Å²) >= 11 is 0. The molecule has 2 heterocycles. The summed E-state index contributed by atoms with van der Waals surface area (Å²) in [6.07, 6.45) is 2.96. The van der Waals surface area contributed by atoms with Gasteiger partial charge in [0, 0.05) is 18.6 Å². The molecule has 19 heavy (non-hydrogen) atoms. The molecule has 3 rings (SSSR count). The minimum atomic E-state index is -0.317. The average Bonchev–Trinajstić information content (AvgIpc) is 3.09. The second-order valence-corrected chi connectivity index (χ2v) is 4.70. The van der Waals surface area contributed by atoms with Crippen molar-refractivity contribution in [3.8, 4) is 11.5 Å². The van der Waals surface area contributed by atoms with Crippen LogP contribution in [-0.4, -0.2) is 33.0 Å². The Labute approximate surface area is 112 Å². The third kappa shape index (κ3) is 2.15. The Kier molecular flexibility index (Phi) is 3.08. The lowest BCUT2D eigenvalue weighted by Crippen LogP contribution is -2.29. The molecule has 1 fully saturated rings. The summed E-state index contributed by atoms with van der Waals surface area (Å²) in [6, 6.07) is 5.78. The Hall–Kier alpha value is -1.72. The Morgan fingerprint density at radius 2 is 2.05 bits per heavy atom. The average molecular weight is 263 g/mol. The Balaban J connectivity index is 1.90. The van der Waals surface area contributed by atoms with Crippen molar-refractivity contribution in [3.63, 3.8) is 0 Å². The van der Waals surface area contributed by atoms with E-state index in [4.69, 9.17) is 19.0 Å². The third-order valence-corrected chi connectivity index (χ3v) is 3.48. The molecule has 0 saturated carbocycles. The second kappa shape index (κ2) is 4.75. The first kappa shape index (κ1) is 12.3. The van der Waals surface area contributed by atoms with Crippen molar-refractivity contribution in [3.05, 3.63) is 29.8 Å². The van der Waals surface area contributed by atoms with E-state index in [1.54, 1.807) is 14.2 Å². The lowest BCUT2D eigenvalue weighted by atomic mass is 10.0. The molecule has 1 spiro atoms.